The fourth-order valence-electron chi connectivity index (χ4n) is 3.75. The second kappa shape index (κ2) is 11.0. The molecule has 188 valence electrons. The number of methoxy groups -OCH3 is 1. The lowest BCUT2D eigenvalue weighted by molar-refractivity contribution is -0.711. The molecule has 36 heavy (non-hydrogen) atoms. The molecule has 0 amide bonds. The number of nitrogen functional groups attached to an aromatic ring is 1. The molecule has 0 radical (unpaired) electrons. The number of ether oxygens (including phenoxy) is 1. The number of rotatable bonds is 10. The van der Waals surface area contributed by atoms with Crippen molar-refractivity contribution in [3.8, 4) is 17.1 Å². The van der Waals surface area contributed by atoms with Gasteiger partial charge >= 0.3 is 7.82 Å². The molecule has 0 aliphatic heterocycles. The molecule has 0 saturated heterocycles. The Bertz CT molecular complexity index is 1390. The van der Waals surface area contributed by atoms with E-state index in [9.17, 15) is 8.96 Å². The summed E-state index contributed by atoms with van der Waals surface area (Å²) in [5.74, 6) is 0.839. The number of aromatic nitrogens is 2. The molecular weight excluding hydrogens is 488 g/mol. The van der Waals surface area contributed by atoms with Crippen LogP contribution in [0.1, 0.15) is 22.4 Å². The van der Waals surface area contributed by atoms with Gasteiger partial charge in [0.25, 0.3) is 5.82 Å². The number of hydrogen-bond acceptors (Lipinski definition) is 6. The van der Waals surface area contributed by atoms with E-state index in [0.717, 1.165) is 23.1 Å². The van der Waals surface area contributed by atoms with Gasteiger partial charge in [0.1, 0.15) is 17.1 Å². The van der Waals surface area contributed by atoms with Crippen molar-refractivity contribution in [2.24, 2.45) is 0 Å². The van der Waals surface area contributed by atoms with Gasteiger partial charge in [0.15, 0.2) is 5.76 Å². The van der Waals surface area contributed by atoms with Crippen LogP contribution in [0.25, 0.3) is 11.3 Å². The van der Waals surface area contributed by atoms with Crippen LogP contribution < -0.4 is 15.0 Å². The molecule has 0 aliphatic carbocycles. The highest BCUT2D eigenvalue weighted by atomic mass is 31.2. The summed E-state index contributed by atoms with van der Waals surface area (Å²) < 4.78 is 41.1. The van der Waals surface area contributed by atoms with E-state index in [-0.39, 0.29) is 11.6 Å². The van der Waals surface area contributed by atoms with E-state index in [1.807, 2.05) is 30.3 Å². The van der Waals surface area contributed by atoms with Gasteiger partial charge in [-0.05, 0) is 53.8 Å². The third kappa shape index (κ3) is 6.77. The molecule has 11 heteroatoms. The minimum absolute atomic E-state index is 0.217. The van der Waals surface area contributed by atoms with Gasteiger partial charge in [0.2, 0.25) is 6.73 Å². The van der Waals surface area contributed by atoms with Gasteiger partial charge in [-0.1, -0.05) is 29.4 Å². The van der Waals surface area contributed by atoms with Crippen molar-refractivity contribution in [2.75, 3.05) is 12.8 Å². The second-order valence-electron chi connectivity index (χ2n) is 8.20. The van der Waals surface area contributed by atoms with Crippen LogP contribution in [0, 0.1) is 5.82 Å². The number of halogens is 1. The van der Waals surface area contributed by atoms with Gasteiger partial charge < -0.3 is 19.0 Å². The average Bonchev–Trinajstić information content (AvgIpc) is 3.30. The molecule has 4 N–H and O–H groups in total. The van der Waals surface area contributed by atoms with Crippen molar-refractivity contribution in [1.29, 1.82) is 0 Å². The summed E-state index contributed by atoms with van der Waals surface area (Å²) in [5, 5.41) is 4.12. The molecule has 4 aromatic rings. The number of anilines is 1. The van der Waals surface area contributed by atoms with Crippen molar-refractivity contribution in [3.05, 3.63) is 95.1 Å². The lowest BCUT2D eigenvalue weighted by Gasteiger charge is -2.07. The van der Waals surface area contributed by atoms with Gasteiger partial charge in [-0.3, -0.25) is 5.73 Å². The Morgan fingerprint density at radius 2 is 1.78 bits per heavy atom. The van der Waals surface area contributed by atoms with Crippen molar-refractivity contribution in [3.63, 3.8) is 0 Å². The van der Waals surface area contributed by atoms with Gasteiger partial charge in [-0.2, -0.15) is 0 Å². The lowest BCUT2D eigenvalue weighted by atomic mass is 10.0. The second-order valence-corrected chi connectivity index (χ2v) is 9.44. The largest absolute Gasteiger partial charge is 0.497 e. The molecule has 0 spiro atoms. The smallest absolute Gasteiger partial charge is 0.472 e. The van der Waals surface area contributed by atoms with Gasteiger partial charge in [-0.25, -0.2) is 18.0 Å². The number of aryl methyl sites for hydroxylation is 2. The molecule has 0 bridgehead atoms. The number of hydrogen-bond donors (Lipinski definition) is 3. The number of phosphoric ester groups is 1. The Hall–Kier alpha value is -3.56. The molecular formula is C25H26FN3O6P+. The fourth-order valence-corrected chi connectivity index (χ4v) is 4.02. The first-order valence-corrected chi connectivity index (χ1v) is 12.6. The van der Waals surface area contributed by atoms with Crippen LogP contribution in [0.4, 0.5) is 10.2 Å². The van der Waals surface area contributed by atoms with Crippen LogP contribution in [0.15, 0.2) is 71.4 Å². The lowest BCUT2D eigenvalue weighted by Crippen LogP contribution is -2.38. The van der Waals surface area contributed by atoms with E-state index in [4.69, 9.17) is 24.8 Å². The Morgan fingerprint density at radius 3 is 2.50 bits per heavy atom. The highest BCUT2D eigenvalue weighted by molar-refractivity contribution is 7.46. The SMILES string of the molecule is COc1cc(F)cc(CCc2ccc(Cc3cc(-c4ccc[n+](COP(=O)(O)O)c4N)on3)cc2)c1. The van der Waals surface area contributed by atoms with Crippen molar-refractivity contribution >= 4 is 13.6 Å². The predicted molar refractivity (Wildman–Crippen MR) is 129 cm³/mol. The van der Waals surface area contributed by atoms with E-state index >= 15 is 0 Å². The molecule has 2 aromatic carbocycles. The van der Waals surface area contributed by atoms with Crippen molar-refractivity contribution in [2.45, 2.75) is 26.0 Å². The van der Waals surface area contributed by atoms with E-state index in [1.54, 1.807) is 18.2 Å². The monoisotopic (exact) mass is 514 g/mol. The summed E-state index contributed by atoms with van der Waals surface area (Å²) in [5.41, 5.74) is 10.4. The summed E-state index contributed by atoms with van der Waals surface area (Å²) >= 11 is 0. The molecule has 0 saturated carbocycles. The summed E-state index contributed by atoms with van der Waals surface area (Å²) in [7, 11) is -3.12. The number of phosphoric acid groups is 1. The first-order valence-electron chi connectivity index (χ1n) is 11.1. The topological polar surface area (TPSA) is 132 Å². The number of benzene rings is 2. The highest BCUT2D eigenvalue weighted by Crippen LogP contribution is 2.35. The fraction of sp³-hybridized carbons (Fsp3) is 0.200. The maximum absolute atomic E-state index is 13.7. The number of nitrogens with zero attached hydrogens (tertiary/aromatic N) is 2. The summed E-state index contributed by atoms with van der Waals surface area (Å²) in [4.78, 5) is 17.8. The minimum Gasteiger partial charge on any atom is -0.497 e. The zero-order chi connectivity index (χ0) is 25.7. The van der Waals surface area contributed by atoms with Gasteiger partial charge in [-0.15, -0.1) is 0 Å². The Morgan fingerprint density at radius 1 is 1.06 bits per heavy atom. The number of pyridine rings is 1. The zero-order valence-corrected chi connectivity index (χ0v) is 20.4. The Kier molecular flexibility index (Phi) is 7.81. The average molecular weight is 514 g/mol. The van der Waals surface area contributed by atoms with Crippen LogP contribution in [0.3, 0.4) is 0 Å². The standard InChI is InChI=1S/C25H25FN3O6P/c1-33-22-13-19(11-20(26)14-22)9-6-17-4-7-18(8-5-17)12-21-15-24(35-28-21)23-3-2-10-29(25(23)27)16-34-36(30,31)32/h2-5,7-8,10-11,13-15,27H,6,9,12,16H2,1H3,(H2,30,31,32)/p+1. The summed E-state index contributed by atoms with van der Waals surface area (Å²) in [6.45, 7) is -0.413. The molecule has 0 aliphatic rings. The molecule has 4 rings (SSSR count). The van der Waals surface area contributed by atoms with Crippen LogP contribution >= 0.6 is 7.82 Å². The third-order valence-corrected chi connectivity index (χ3v) is 6.03. The molecule has 0 atom stereocenters. The number of nitrogens with two attached hydrogens (primary N) is 1. The van der Waals surface area contributed by atoms with Crippen LogP contribution in [-0.2, 0) is 35.1 Å². The van der Waals surface area contributed by atoms with E-state index < -0.39 is 14.6 Å². The van der Waals surface area contributed by atoms with Crippen LogP contribution in [0.5, 0.6) is 5.75 Å². The normalized spacial score (nSPS) is 11.6. The Labute approximate surface area is 207 Å². The Balaban J connectivity index is 1.39. The minimum atomic E-state index is -4.63. The zero-order valence-electron chi connectivity index (χ0n) is 19.5. The first kappa shape index (κ1) is 25.5. The molecule has 9 nitrogen and oxygen atoms in total. The maximum atomic E-state index is 13.7. The van der Waals surface area contributed by atoms with E-state index in [1.165, 1.54) is 30.0 Å². The molecule has 0 fully saturated rings. The van der Waals surface area contributed by atoms with E-state index in [2.05, 4.69) is 9.68 Å². The molecule has 0 unspecified atom stereocenters. The van der Waals surface area contributed by atoms with E-state index in [0.29, 0.717) is 35.6 Å². The van der Waals surface area contributed by atoms with Crippen molar-refractivity contribution < 1.29 is 37.1 Å². The third-order valence-electron chi connectivity index (χ3n) is 5.58. The van der Waals surface area contributed by atoms with Crippen LogP contribution in [-0.4, -0.2) is 22.1 Å². The quantitative estimate of drug-likeness (QED) is 0.215. The van der Waals surface area contributed by atoms with Gasteiger partial charge in [0, 0.05) is 18.6 Å². The summed E-state index contributed by atoms with van der Waals surface area (Å²) in [6.07, 6.45) is 3.54. The first-order chi connectivity index (χ1) is 17.2. The highest BCUT2D eigenvalue weighted by Gasteiger charge is 2.20. The summed E-state index contributed by atoms with van der Waals surface area (Å²) in [6, 6.07) is 18.0. The molecule has 2 heterocycles. The predicted octanol–water partition coefficient (Wildman–Crippen LogP) is 3.80. The van der Waals surface area contributed by atoms with Gasteiger partial charge in [0.05, 0.1) is 19.0 Å². The maximum Gasteiger partial charge on any atom is 0.472 e. The molecule has 2 aromatic heterocycles. The van der Waals surface area contributed by atoms with Crippen molar-refractivity contribution in [1.82, 2.24) is 5.16 Å². The van der Waals surface area contributed by atoms with Crippen LogP contribution in [0.2, 0.25) is 0 Å².